The normalized spacial score (nSPS) is 15.0. The Hall–Kier alpha value is -2.28. The van der Waals surface area contributed by atoms with Crippen molar-refractivity contribution in [3.05, 3.63) is 51.7 Å². The molecule has 1 aromatic heterocycles. The smallest absolute Gasteiger partial charge is 0.280 e. The minimum Gasteiger partial charge on any atom is -0.347 e. The maximum absolute atomic E-state index is 12.9. The van der Waals surface area contributed by atoms with Gasteiger partial charge in [-0.1, -0.05) is 12.1 Å². The fraction of sp³-hybridized carbons (Fsp3) is 0.312. The van der Waals surface area contributed by atoms with Crippen LogP contribution in [0, 0.1) is 5.82 Å². The van der Waals surface area contributed by atoms with Crippen LogP contribution in [0.3, 0.4) is 0 Å². The number of amides is 2. The highest BCUT2D eigenvalue weighted by Crippen LogP contribution is 2.20. The van der Waals surface area contributed by atoms with Crippen molar-refractivity contribution in [2.45, 2.75) is 31.8 Å². The second-order valence-corrected chi connectivity index (χ2v) is 6.39. The topological polar surface area (TPSA) is 71.1 Å². The van der Waals surface area contributed by atoms with Gasteiger partial charge in [0.25, 0.3) is 11.8 Å². The fourth-order valence-corrected chi connectivity index (χ4v) is 2.76. The Morgan fingerprint density at radius 2 is 1.96 bits per heavy atom. The van der Waals surface area contributed by atoms with Gasteiger partial charge in [-0.15, -0.1) is 11.3 Å². The van der Waals surface area contributed by atoms with Gasteiger partial charge in [0.2, 0.25) is 0 Å². The van der Waals surface area contributed by atoms with Gasteiger partial charge >= 0.3 is 0 Å². The van der Waals surface area contributed by atoms with Crippen LogP contribution >= 0.6 is 11.3 Å². The quantitative estimate of drug-likeness (QED) is 0.884. The molecule has 7 heteroatoms. The highest BCUT2D eigenvalue weighted by Gasteiger charge is 2.25. The van der Waals surface area contributed by atoms with Crippen LogP contribution in [0.1, 0.15) is 51.7 Å². The van der Waals surface area contributed by atoms with Crippen molar-refractivity contribution in [3.8, 4) is 0 Å². The van der Waals surface area contributed by atoms with E-state index in [1.165, 1.54) is 12.1 Å². The summed E-state index contributed by atoms with van der Waals surface area (Å²) in [6, 6.07) is 5.91. The Morgan fingerprint density at radius 3 is 2.61 bits per heavy atom. The molecule has 2 aromatic rings. The van der Waals surface area contributed by atoms with Gasteiger partial charge in [-0.3, -0.25) is 9.59 Å². The van der Waals surface area contributed by atoms with Crippen LogP contribution in [0.25, 0.3) is 0 Å². The van der Waals surface area contributed by atoms with Crippen LogP contribution < -0.4 is 10.6 Å². The molecule has 0 radical (unpaired) electrons. The first kappa shape index (κ1) is 15.6. The summed E-state index contributed by atoms with van der Waals surface area (Å²) in [5.74, 6) is -0.912. The molecule has 2 amide bonds. The zero-order valence-corrected chi connectivity index (χ0v) is 13.3. The standard InChI is InChI=1S/C16H16FN3O2S/c1-9(10-2-4-11(17)5-3-10)18-14(21)13-8-23-16(20-13)15(22)19-12-6-7-12/h2-5,8-9,12H,6-7H2,1H3,(H,18,21)(H,19,22)/t9-/m1/s1. The molecular formula is C16H16FN3O2S. The highest BCUT2D eigenvalue weighted by molar-refractivity contribution is 7.11. The molecular weight excluding hydrogens is 317 g/mol. The van der Waals surface area contributed by atoms with Gasteiger partial charge in [-0.25, -0.2) is 9.37 Å². The molecule has 1 aliphatic rings. The van der Waals surface area contributed by atoms with Crippen LogP contribution in [-0.4, -0.2) is 22.8 Å². The third-order valence-corrected chi connectivity index (χ3v) is 4.40. The van der Waals surface area contributed by atoms with E-state index in [-0.39, 0.29) is 40.4 Å². The van der Waals surface area contributed by atoms with Crippen LogP contribution in [0.2, 0.25) is 0 Å². The van der Waals surface area contributed by atoms with Gasteiger partial charge in [0.05, 0.1) is 6.04 Å². The number of carbonyl (C=O) groups excluding carboxylic acids is 2. The van der Waals surface area contributed by atoms with Gasteiger partial charge in [-0.2, -0.15) is 0 Å². The van der Waals surface area contributed by atoms with Crippen molar-refractivity contribution in [2.75, 3.05) is 0 Å². The van der Waals surface area contributed by atoms with Gasteiger partial charge in [0, 0.05) is 11.4 Å². The third kappa shape index (κ3) is 3.92. The molecule has 1 heterocycles. The summed E-state index contributed by atoms with van der Waals surface area (Å²) in [6.07, 6.45) is 2.00. The zero-order valence-electron chi connectivity index (χ0n) is 12.5. The molecule has 0 bridgehead atoms. The Kier molecular flexibility index (Phi) is 4.38. The zero-order chi connectivity index (χ0) is 16.4. The number of nitrogens with one attached hydrogen (secondary N) is 2. The van der Waals surface area contributed by atoms with Gasteiger partial charge in [-0.05, 0) is 37.5 Å². The Bertz CT molecular complexity index is 725. The second kappa shape index (κ2) is 6.45. The number of thiazole rings is 1. The van der Waals surface area contributed by atoms with Crippen LogP contribution in [-0.2, 0) is 0 Å². The lowest BCUT2D eigenvalue weighted by Crippen LogP contribution is -2.28. The van der Waals surface area contributed by atoms with E-state index in [0.29, 0.717) is 0 Å². The predicted octanol–water partition coefficient (Wildman–Crippen LogP) is 2.67. The van der Waals surface area contributed by atoms with Crippen molar-refractivity contribution in [1.82, 2.24) is 15.6 Å². The largest absolute Gasteiger partial charge is 0.347 e. The number of rotatable bonds is 5. The fourth-order valence-electron chi connectivity index (χ4n) is 2.06. The number of halogens is 1. The average molecular weight is 333 g/mol. The lowest BCUT2D eigenvalue weighted by Gasteiger charge is -2.13. The number of hydrogen-bond acceptors (Lipinski definition) is 4. The molecule has 1 atom stereocenters. The molecule has 23 heavy (non-hydrogen) atoms. The summed E-state index contributed by atoms with van der Waals surface area (Å²) < 4.78 is 12.9. The molecule has 1 saturated carbocycles. The van der Waals surface area contributed by atoms with E-state index in [0.717, 1.165) is 29.7 Å². The number of hydrogen-bond donors (Lipinski definition) is 2. The maximum atomic E-state index is 12.9. The van der Waals surface area contributed by atoms with Gasteiger partial charge in [0.15, 0.2) is 5.01 Å². The first-order valence-corrected chi connectivity index (χ1v) is 8.23. The van der Waals surface area contributed by atoms with Crippen LogP contribution in [0.5, 0.6) is 0 Å². The summed E-state index contributed by atoms with van der Waals surface area (Å²) in [6.45, 7) is 1.80. The first-order chi connectivity index (χ1) is 11.0. The van der Waals surface area contributed by atoms with Crippen molar-refractivity contribution in [1.29, 1.82) is 0 Å². The molecule has 2 N–H and O–H groups in total. The molecule has 0 unspecified atom stereocenters. The lowest BCUT2D eigenvalue weighted by molar-refractivity contribution is 0.0935. The molecule has 120 valence electrons. The van der Waals surface area contributed by atoms with E-state index < -0.39 is 0 Å². The maximum Gasteiger partial charge on any atom is 0.280 e. The van der Waals surface area contributed by atoms with E-state index in [1.54, 1.807) is 24.4 Å². The monoisotopic (exact) mass is 333 g/mol. The number of carbonyl (C=O) groups is 2. The van der Waals surface area contributed by atoms with Crippen molar-refractivity contribution >= 4 is 23.2 Å². The van der Waals surface area contributed by atoms with Gasteiger partial charge in [0.1, 0.15) is 11.5 Å². The number of benzene rings is 1. The molecule has 0 saturated heterocycles. The lowest BCUT2D eigenvalue weighted by atomic mass is 10.1. The molecule has 3 rings (SSSR count). The van der Waals surface area contributed by atoms with Crippen molar-refractivity contribution in [3.63, 3.8) is 0 Å². The molecule has 1 fully saturated rings. The minimum absolute atomic E-state index is 0.213. The van der Waals surface area contributed by atoms with Crippen molar-refractivity contribution in [2.24, 2.45) is 0 Å². The van der Waals surface area contributed by atoms with Crippen LogP contribution in [0.4, 0.5) is 4.39 Å². The average Bonchev–Trinajstić information content (AvgIpc) is 3.19. The molecule has 5 nitrogen and oxygen atoms in total. The number of nitrogens with zero attached hydrogens (tertiary/aromatic N) is 1. The summed E-state index contributed by atoms with van der Waals surface area (Å²) in [5.41, 5.74) is 1.01. The summed E-state index contributed by atoms with van der Waals surface area (Å²) in [4.78, 5) is 28.2. The van der Waals surface area contributed by atoms with Crippen LogP contribution in [0.15, 0.2) is 29.6 Å². The van der Waals surface area contributed by atoms with E-state index in [9.17, 15) is 14.0 Å². The predicted molar refractivity (Wildman–Crippen MR) is 84.9 cm³/mol. The Balaban J connectivity index is 1.62. The number of aromatic nitrogens is 1. The first-order valence-electron chi connectivity index (χ1n) is 7.35. The van der Waals surface area contributed by atoms with E-state index in [2.05, 4.69) is 15.6 Å². The van der Waals surface area contributed by atoms with Crippen molar-refractivity contribution < 1.29 is 14.0 Å². The third-order valence-electron chi connectivity index (χ3n) is 3.56. The minimum atomic E-state index is -0.358. The summed E-state index contributed by atoms with van der Waals surface area (Å²) in [7, 11) is 0. The van der Waals surface area contributed by atoms with E-state index >= 15 is 0 Å². The summed E-state index contributed by atoms with van der Waals surface area (Å²) >= 11 is 1.15. The Labute approximate surface area is 136 Å². The van der Waals surface area contributed by atoms with E-state index in [4.69, 9.17) is 0 Å². The van der Waals surface area contributed by atoms with E-state index in [1.807, 2.05) is 0 Å². The molecule has 0 aliphatic heterocycles. The molecule has 1 aliphatic carbocycles. The van der Waals surface area contributed by atoms with Gasteiger partial charge < -0.3 is 10.6 Å². The summed E-state index contributed by atoms with van der Waals surface area (Å²) in [5, 5.41) is 7.48. The Morgan fingerprint density at radius 1 is 1.26 bits per heavy atom. The molecule has 0 spiro atoms. The second-order valence-electron chi connectivity index (χ2n) is 5.53. The highest BCUT2D eigenvalue weighted by atomic mass is 32.1. The molecule has 1 aromatic carbocycles. The SMILES string of the molecule is C[C@@H](NC(=O)c1csc(C(=O)NC2CC2)n1)c1ccc(F)cc1.